The SMILES string of the molecule is CN(Cc1ccccc1)c1ccc([N+](=O)[O-])c(C#N)n1. The zero-order chi connectivity index (χ0) is 14.5. The summed E-state index contributed by atoms with van der Waals surface area (Å²) < 4.78 is 0. The number of rotatable bonds is 4. The number of pyridine rings is 1. The highest BCUT2D eigenvalue weighted by Crippen LogP contribution is 2.20. The average Bonchev–Trinajstić information content (AvgIpc) is 2.47. The Morgan fingerprint density at radius 1 is 1.30 bits per heavy atom. The van der Waals surface area contributed by atoms with E-state index in [2.05, 4.69) is 4.98 Å². The molecule has 0 atom stereocenters. The second kappa shape index (κ2) is 5.80. The zero-order valence-corrected chi connectivity index (χ0v) is 10.9. The molecule has 20 heavy (non-hydrogen) atoms. The summed E-state index contributed by atoms with van der Waals surface area (Å²) in [4.78, 5) is 16.0. The molecule has 6 nitrogen and oxygen atoms in total. The van der Waals surface area contributed by atoms with Crippen molar-refractivity contribution in [2.75, 3.05) is 11.9 Å². The van der Waals surface area contributed by atoms with E-state index in [4.69, 9.17) is 5.26 Å². The maximum absolute atomic E-state index is 10.8. The first-order valence-corrected chi connectivity index (χ1v) is 5.92. The lowest BCUT2D eigenvalue weighted by Gasteiger charge is -2.18. The molecule has 0 amide bonds. The van der Waals surface area contributed by atoms with Gasteiger partial charge in [-0.2, -0.15) is 5.26 Å². The maximum Gasteiger partial charge on any atom is 0.305 e. The third kappa shape index (κ3) is 2.90. The van der Waals surface area contributed by atoms with Crippen LogP contribution < -0.4 is 4.90 Å². The molecule has 0 saturated heterocycles. The number of aromatic nitrogens is 1. The zero-order valence-electron chi connectivity index (χ0n) is 10.9. The van der Waals surface area contributed by atoms with Gasteiger partial charge in [0.1, 0.15) is 11.9 Å². The van der Waals surface area contributed by atoms with Crippen LogP contribution in [0.4, 0.5) is 11.5 Å². The molecule has 0 radical (unpaired) electrons. The number of benzene rings is 1. The van der Waals surface area contributed by atoms with Crippen LogP contribution in [-0.2, 0) is 6.54 Å². The molecule has 0 N–H and O–H groups in total. The lowest BCUT2D eigenvalue weighted by Crippen LogP contribution is -2.18. The van der Waals surface area contributed by atoms with Crippen LogP contribution in [-0.4, -0.2) is 17.0 Å². The van der Waals surface area contributed by atoms with Gasteiger partial charge in [-0.05, 0) is 11.6 Å². The average molecular weight is 268 g/mol. The van der Waals surface area contributed by atoms with E-state index < -0.39 is 4.92 Å². The molecule has 0 unspecified atom stereocenters. The highest BCUT2D eigenvalue weighted by atomic mass is 16.6. The lowest BCUT2D eigenvalue weighted by molar-refractivity contribution is -0.385. The molecule has 0 aliphatic rings. The number of anilines is 1. The normalized spacial score (nSPS) is 9.80. The van der Waals surface area contributed by atoms with Crippen molar-refractivity contribution >= 4 is 11.5 Å². The van der Waals surface area contributed by atoms with Gasteiger partial charge in [-0.1, -0.05) is 30.3 Å². The molecule has 1 heterocycles. The molecule has 100 valence electrons. The third-order valence-corrected chi connectivity index (χ3v) is 2.82. The number of hydrogen-bond donors (Lipinski definition) is 0. The van der Waals surface area contributed by atoms with Crippen LogP contribution in [0.25, 0.3) is 0 Å². The molecule has 0 aliphatic heterocycles. The molecular weight excluding hydrogens is 256 g/mol. The van der Waals surface area contributed by atoms with Crippen LogP contribution in [0.3, 0.4) is 0 Å². The minimum atomic E-state index is -0.605. The van der Waals surface area contributed by atoms with E-state index in [1.807, 2.05) is 42.3 Å². The van der Waals surface area contributed by atoms with Gasteiger partial charge in [-0.3, -0.25) is 10.1 Å². The smallest absolute Gasteiger partial charge is 0.305 e. The third-order valence-electron chi connectivity index (χ3n) is 2.82. The van der Waals surface area contributed by atoms with Crippen LogP contribution in [0, 0.1) is 21.4 Å². The second-order valence-corrected chi connectivity index (χ2v) is 4.25. The Labute approximate surface area is 116 Å². The minimum Gasteiger partial charge on any atom is -0.355 e. The summed E-state index contributed by atoms with van der Waals surface area (Å²) in [6.07, 6.45) is 0. The summed E-state index contributed by atoms with van der Waals surface area (Å²) in [5.74, 6) is 0.524. The summed E-state index contributed by atoms with van der Waals surface area (Å²) in [5, 5.41) is 19.7. The van der Waals surface area contributed by atoms with Crippen molar-refractivity contribution in [2.45, 2.75) is 6.54 Å². The van der Waals surface area contributed by atoms with Crippen molar-refractivity contribution < 1.29 is 4.92 Å². The Morgan fingerprint density at radius 2 is 2.00 bits per heavy atom. The molecule has 0 fully saturated rings. The van der Waals surface area contributed by atoms with E-state index in [1.54, 1.807) is 12.1 Å². The molecule has 1 aromatic heterocycles. The fraction of sp³-hybridized carbons (Fsp3) is 0.143. The fourth-order valence-corrected chi connectivity index (χ4v) is 1.82. The predicted octanol–water partition coefficient (Wildman–Crippen LogP) is 2.50. The first kappa shape index (κ1) is 13.5. The van der Waals surface area contributed by atoms with Crippen molar-refractivity contribution in [3.05, 3.63) is 63.8 Å². The maximum atomic E-state index is 10.8. The number of hydrogen-bond acceptors (Lipinski definition) is 5. The van der Waals surface area contributed by atoms with Gasteiger partial charge in [0.05, 0.1) is 4.92 Å². The molecular formula is C14H12N4O2. The van der Waals surface area contributed by atoms with Gasteiger partial charge in [0, 0.05) is 19.7 Å². The predicted molar refractivity (Wildman–Crippen MR) is 74.2 cm³/mol. The van der Waals surface area contributed by atoms with E-state index in [0.29, 0.717) is 12.4 Å². The Morgan fingerprint density at radius 3 is 2.60 bits per heavy atom. The van der Waals surface area contributed by atoms with E-state index in [1.165, 1.54) is 6.07 Å². The topological polar surface area (TPSA) is 83.1 Å². The monoisotopic (exact) mass is 268 g/mol. The Hall–Kier alpha value is -2.94. The van der Waals surface area contributed by atoms with E-state index in [9.17, 15) is 10.1 Å². The van der Waals surface area contributed by atoms with Gasteiger partial charge in [0.15, 0.2) is 0 Å². The Bertz CT molecular complexity index is 665. The van der Waals surface area contributed by atoms with E-state index >= 15 is 0 Å². The summed E-state index contributed by atoms with van der Waals surface area (Å²) in [6.45, 7) is 0.608. The minimum absolute atomic E-state index is 0.174. The molecule has 0 aliphatic carbocycles. The van der Waals surface area contributed by atoms with Gasteiger partial charge in [0.2, 0.25) is 5.69 Å². The molecule has 0 bridgehead atoms. The lowest BCUT2D eigenvalue weighted by atomic mass is 10.2. The second-order valence-electron chi connectivity index (χ2n) is 4.25. The van der Waals surface area contributed by atoms with E-state index in [0.717, 1.165) is 5.56 Å². The van der Waals surface area contributed by atoms with Crippen LogP contribution in [0.2, 0.25) is 0 Å². The quantitative estimate of drug-likeness (QED) is 0.628. The Balaban J connectivity index is 2.25. The van der Waals surface area contributed by atoms with Crippen LogP contribution >= 0.6 is 0 Å². The molecule has 1 aromatic carbocycles. The number of nitro groups is 1. The van der Waals surface area contributed by atoms with Crippen LogP contribution in [0.5, 0.6) is 0 Å². The number of nitriles is 1. The van der Waals surface area contributed by atoms with Crippen LogP contribution in [0.15, 0.2) is 42.5 Å². The fourth-order valence-electron chi connectivity index (χ4n) is 1.82. The van der Waals surface area contributed by atoms with Crippen molar-refractivity contribution in [3.63, 3.8) is 0 Å². The van der Waals surface area contributed by atoms with Gasteiger partial charge in [-0.25, -0.2) is 4.98 Å². The first-order chi connectivity index (χ1) is 9.61. The molecule has 0 spiro atoms. The van der Waals surface area contributed by atoms with Gasteiger partial charge in [0.25, 0.3) is 0 Å². The van der Waals surface area contributed by atoms with Crippen molar-refractivity contribution in [1.82, 2.24) is 4.98 Å². The summed E-state index contributed by atoms with van der Waals surface area (Å²) in [5.41, 5.74) is 0.644. The van der Waals surface area contributed by atoms with Crippen LogP contribution in [0.1, 0.15) is 11.3 Å². The Kier molecular flexibility index (Phi) is 3.91. The standard InChI is InChI=1S/C14H12N4O2/c1-17(10-11-5-3-2-4-6-11)14-8-7-13(18(19)20)12(9-15)16-14/h2-8H,10H2,1H3. The molecule has 2 rings (SSSR count). The summed E-state index contributed by atoms with van der Waals surface area (Å²) >= 11 is 0. The van der Waals surface area contributed by atoms with Gasteiger partial charge >= 0.3 is 5.69 Å². The van der Waals surface area contributed by atoms with Gasteiger partial charge in [-0.15, -0.1) is 0 Å². The highest BCUT2D eigenvalue weighted by Gasteiger charge is 2.16. The van der Waals surface area contributed by atoms with Crippen molar-refractivity contribution in [2.24, 2.45) is 0 Å². The molecule has 6 heteroatoms. The highest BCUT2D eigenvalue weighted by molar-refractivity contribution is 5.51. The molecule has 2 aromatic rings. The van der Waals surface area contributed by atoms with Gasteiger partial charge < -0.3 is 4.90 Å². The van der Waals surface area contributed by atoms with Crippen molar-refractivity contribution in [1.29, 1.82) is 5.26 Å². The van der Waals surface area contributed by atoms with E-state index in [-0.39, 0.29) is 11.4 Å². The molecule has 0 saturated carbocycles. The summed E-state index contributed by atoms with van der Waals surface area (Å²) in [7, 11) is 1.82. The number of nitrogens with zero attached hydrogens (tertiary/aromatic N) is 4. The summed E-state index contributed by atoms with van der Waals surface area (Å²) in [6, 6.07) is 14.4. The largest absolute Gasteiger partial charge is 0.355 e. The first-order valence-electron chi connectivity index (χ1n) is 5.92. The van der Waals surface area contributed by atoms with Crippen molar-refractivity contribution in [3.8, 4) is 6.07 Å².